The number of carbonyl (C=O) groups is 1. The number of hydrogen-bond donors (Lipinski definition) is 4. The van der Waals surface area contributed by atoms with E-state index >= 15 is 0 Å². The fraction of sp³-hybridized carbons (Fsp3) is 0.343. The minimum atomic E-state index is -1.60. The van der Waals surface area contributed by atoms with Crippen LogP contribution in [0.5, 0.6) is 5.75 Å². The summed E-state index contributed by atoms with van der Waals surface area (Å²) in [7, 11) is 0. The number of aliphatic hydroxyl groups excluding tert-OH is 1. The summed E-state index contributed by atoms with van der Waals surface area (Å²) in [6.07, 6.45) is 9.91. The third-order valence-corrected chi connectivity index (χ3v) is 6.93. The van der Waals surface area contributed by atoms with Crippen LogP contribution >= 0.6 is 0 Å². The Hall–Kier alpha value is -3.91. The number of amides is 1. The van der Waals surface area contributed by atoms with Crippen molar-refractivity contribution in [1.29, 1.82) is 0 Å². The van der Waals surface area contributed by atoms with Crippen LogP contribution in [0, 0.1) is 19.8 Å². The molecular formula is C35H46N2O5. The number of carbonyl (C=O) groups excluding carboxylic acids is 1. The van der Waals surface area contributed by atoms with Crippen molar-refractivity contribution in [2.24, 2.45) is 11.7 Å². The van der Waals surface area contributed by atoms with Gasteiger partial charge in [-0.2, -0.15) is 0 Å². The smallest absolute Gasteiger partial charge is 0.220 e. The highest BCUT2D eigenvalue weighted by molar-refractivity contribution is 5.76. The van der Waals surface area contributed by atoms with Gasteiger partial charge in [0.1, 0.15) is 11.5 Å². The molecule has 0 aliphatic rings. The molecule has 0 aromatic heterocycles. The molecular weight excluding hydrogens is 528 g/mol. The van der Waals surface area contributed by atoms with E-state index in [1.54, 1.807) is 18.2 Å². The largest absolute Gasteiger partial charge is 0.457 e. The quantitative estimate of drug-likeness (QED) is 0.110. The standard InChI is InChI=1S/C35H46N2O5/c1-7-8-9-33(22-28(5)27(4)21-31(23-36)35(6,40)41-19-18-38)42-32-15-12-29(13-16-32)24-37-34(39)17-14-30-20-25(2)10-11-26(30)3/h7-13,15-16,20,22-23,27,38,40H,1,5,14,17-19,21,24,36H2,2-4,6H3,(H,37,39)/b9-8-,31-23+,33-22+. The van der Waals surface area contributed by atoms with Crippen LogP contribution in [0.15, 0.2) is 103 Å². The van der Waals surface area contributed by atoms with Crippen molar-refractivity contribution >= 4 is 5.91 Å². The molecule has 5 N–H and O–H groups in total. The summed E-state index contributed by atoms with van der Waals surface area (Å²) < 4.78 is 11.5. The van der Waals surface area contributed by atoms with Crippen molar-refractivity contribution in [1.82, 2.24) is 5.32 Å². The highest BCUT2D eigenvalue weighted by atomic mass is 16.6. The average molecular weight is 575 g/mol. The van der Waals surface area contributed by atoms with Crippen molar-refractivity contribution in [2.75, 3.05) is 13.2 Å². The van der Waals surface area contributed by atoms with Crippen LogP contribution in [-0.2, 0) is 22.5 Å². The number of allylic oxidation sites excluding steroid dienone is 5. The number of rotatable bonds is 17. The topological polar surface area (TPSA) is 114 Å². The van der Waals surface area contributed by atoms with Crippen LogP contribution in [0.25, 0.3) is 0 Å². The molecule has 2 aromatic carbocycles. The second kappa shape index (κ2) is 17.1. The minimum absolute atomic E-state index is 0.0111. The molecule has 0 aliphatic heterocycles. The first-order chi connectivity index (χ1) is 20.0. The van der Waals surface area contributed by atoms with Crippen LogP contribution in [0.2, 0.25) is 0 Å². The number of aryl methyl sites for hydroxylation is 3. The van der Waals surface area contributed by atoms with E-state index in [1.165, 1.54) is 29.8 Å². The molecule has 0 bridgehead atoms. The third kappa shape index (κ3) is 11.5. The van der Waals surface area contributed by atoms with Crippen LogP contribution in [-0.4, -0.2) is 35.1 Å². The summed E-state index contributed by atoms with van der Waals surface area (Å²) in [5.74, 6) is -0.499. The number of nitrogens with two attached hydrogens (primary N) is 1. The minimum Gasteiger partial charge on any atom is -0.457 e. The van der Waals surface area contributed by atoms with Crippen molar-refractivity contribution in [3.63, 3.8) is 0 Å². The van der Waals surface area contributed by atoms with Gasteiger partial charge in [0, 0.05) is 18.5 Å². The maximum absolute atomic E-state index is 12.4. The number of ether oxygens (including phenoxy) is 2. The Morgan fingerprint density at radius 1 is 1.19 bits per heavy atom. The predicted molar refractivity (Wildman–Crippen MR) is 169 cm³/mol. The van der Waals surface area contributed by atoms with E-state index < -0.39 is 5.79 Å². The summed E-state index contributed by atoms with van der Waals surface area (Å²) >= 11 is 0. The van der Waals surface area contributed by atoms with E-state index in [-0.39, 0.29) is 25.0 Å². The highest BCUT2D eigenvalue weighted by Crippen LogP contribution is 2.28. The van der Waals surface area contributed by atoms with E-state index in [0.29, 0.717) is 42.9 Å². The Bertz CT molecular complexity index is 1290. The monoisotopic (exact) mass is 574 g/mol. The Kier molecular flexibility index (Phi) is 14.0. The van der Waals surface area contributed by atoms with E-state index in [9.17, 15) is 9.90 Å². The zero-order valence-electron chi connectivity index (χ0n) is 25.4. The fourth-order valence-corrected chi connectivity index (χ4v) is 4.23. The third-order valence-electron chi connectivity index (χ3n) is 6.93. The van der Waals surface area contributed by atoms with Gasteiger partial charge in [0.05, 0.1) is 13.2 Å². The Morgan fingerprint density at radius 2 is 1.90 bits per heavy atom. The molecule has 42 heavy (non-hydrogen) atoms. The van der Waals surface area contributed by atoms with Crippen molar-refractivity contribution in [3.8, 4) is 5.75 Å². The number of aliphatic hydroxyl groups is 2. The van der Waals surface area contributed by atoms with Gasteiger partial charge in [-0.1, -0.05) is 68.1 Å². The predicted octanol–water partition coefficient (Wildman–Crippen LogP) is 5.70. The molecule has 0 saturated heterocycles. The first-order valence-electron chi connectivity index (χ1n) is 14.2. The zero-order valence-corrected chi connectivity index (χ0v) is 25.4. The van der Waals surface area contributed by atoms with Crippen LogP contribution in [0.4, 0.5) is 0 Å². The Balaban J connectivity index is 1.98. The fourth-order valence-electron chi connectivity index (χ4n) is 4.23. The lowest BCUT2D eigenvalue weighted by Crippen LogP contribution is -2.33. The molecule has 2 aromatic rings. The lowest BCUT2D eigenvalue weighted by molar-refractivity contribution is -0.168. The van der Waals surface area contributed by atoms with E-state index in [1.807, 2.05) is 37.3 Å². The van der Waals surface area contributed by atoms with Gasteiger partial charge in [0.25, 0.3) is 0 Å². The first kappa shape index (κ1) is 34.3. The second-order valence-corrected chi connectivity index (χ2v) is 10.5. The van der Waals surface area contributed by atoms with Gasteiger partial charge in [0.15, 0.2) is 5.79 Å². The molecule has 7 heteroatoms. The van der Waals surface area contributed by atoms with Gasteiger partial charge in [-0.15, -0.1) is 0 Å². The number of benzene rings is 2. The average Bonchev–Trinajstić information content (AvgIpc) is 2.97. The summed E-state index contributed by atoms with van der Waals surface area (Å²) in [5.41, 5.74) is 11.6. The van der Waals surface area contributed by atoms with Gasteiger partial charge >= 0.3 is 0 Å². The molecule has 226 valence electrons. The van der Waals surface area contributed by atoms with Crippen LogP contribution in [0.1, 0.15) is 48.9 Å². The maximum atomic E-state index is 12.4. The molecule has 2 atom stereocenters. The van der Waals surface area contributed by atoms with E-state index in [4.69, 9.17) is 20.3 Å². The lowest BCUT2D eigenvalue weighted by atomic mass is 9.91. The first-order valence-corrected chi connectivity index (χ1v) is 14.2. The van der Waals surface area contributed by atoms with Crippen LogP contribution in [0.3, 0.4) is 0 Å². The molecule has 2 unspecified atom stereocenters. The molecule has 0 heterocycles. The second-order valence-electron chi connectivity index (χ2n) is 10.5. The zero-order chi connectivity index (χ0) is 31.1. The van der Waals surface area contributed by atoms with Crippen LogP contribution < -0.4 is 15.8 Å². The summed E-state index contributed by atoms with van der Waals surface area (Å²) in [5, 5.41) is 22.6. The van der Waals surface area contributed by atoms with Gasteiger partial charge in [-0.05, 0) is 92.3 Å². The Morgan fingerprint density at radius 3 is 2.55 bits per heavy atom. The summed E-state index contributed by atoms with van der Waals surface area (Å²) in [4.78, 5) is 12.4. The van der Waals surface area contributed by atoms with Gasteiger partial charge in [0.2, 0.25) is 5.91 Å². The molecule has 0 saturated carbocycles. The van der Waals surface area contributed by atoms with Gasteiger partial charge in [-0.3, -0.25) is 4.79 Å². The molecule has 0 aliphatic carbocycles. The molecule has 7 nitrogen and oxygen atoms in total. The molecule has 0 radical (unpaired) electrons. The van der Waals surface area contributed by atoms with Gasteiger partial charge < -0.3 is 30.7 Å². The highest BCUT2D eigenvalue weighted by Gasteiger charge is 2.28. The van der Waals surface area contributed by atoms with E-state index in [2.05, 4.69) is 50.5 Å². The van der Waals surface area contributed by atoms with Gasteiger partial charge in [-0.25, -0.2) is 0 Å². The normalized spacial score (nSPS) is 14.3. The summed E-state index contributed by atoms with van der Waals surface area (Å²) in [6, 6.07) is 13.8. The lowest BCUT2D eigenvalue weighted by Gasteiger charge is -2.28. The molecule has 0 fully saturated rings. The SMILES string of the molecule is C=C/C=C\C(=C/C(=C)C(C)C/C(=C\N)C(C)(O)OCCO)Oc1ccc(CNC(=O)CCc2cc(C)ccc2C)cc1. The van der Waals surface area contributed by atoms with Crippen molar-refractivity contribution in [3.05, 3.63) is 125 Å². The molecule has 2 rings (SSSR count). The molecule has 0 spiro atoms. The maximum Gasteiger partial charge on any atom is 0.220 e. The number of nitrogens with one attached hydrogen (secondary N) is 1. The Labute approximate surface area is 250 Å². The van der Waals surface area contributed by atoms with Crippen molar-refractivity contribution in [2.45, 2.75) is 59.3 Å². The summed E-state index contributed by atoms with van der Waals surface area (Å²) in [6.45, 7) is 15.7. The van der Waals surface area contributed by atoms with E-state index in [0.717, 1.165) is 11.1 Å². The number of hydrogen-bond acceptors (Lipinski definition) is 6. The molecule has 1 amide bonds. The van der Waals surface area contributed by atoms with Crippen molar-refractivity contribution < 1.29 is 24.5 Å².